The van der Waals surface area contributed by atoms with E-state index in [1.807, 2.05) is 30.3 Å². The molecular formula is C15H19NO2. The molecule has 0 aliphatic rings. The Morgan fingerprint density at radius 1 is 1.33 bits per heavy atom. The number of hydrogen-bond acceptors (Lipinski definition) is 3. The van der Waals surface area contributed by atoms with Crippen molar-refractivity contribution in [1.29, 1.82) is 5.26 Å². The molecule has 0 aromatic heterocycles. The van der Waals surface area contributed by atoms with Crippen molar-refractivity contribution in [3.05, 3.63) is 35.4 Å². The molecule has 1 aromatic carbocycles. The van der Waals surface area contributed by atoms with Crippen LogP contribution in [0.5, 0.6) is 0 Å². The smallest absolute Gasteiger partial charge is 0.327 e. The van der Waals surface area contributed by atoms with E-state index >= 15 is 0 Å². The number of rotatable bonds is 5. The molecule has 1 atom stereocenters. The molecule has 1 rings (SSSR count). The van der Waals surface area contributed by atoms with Crippen LogP contribution < -0.4 is 0 Å². The van der Waals surface area contributed by atoms with E-state index in [0.29, 0.717) is 18.1 Å². The van der Waals surface area contributed by atoms with E-state index in [2.05, 4.69) is 13.8 Å². The molecule has 0 N–H and O–H groups in total. The van der Waals surface area contributed by atoms with Crippen LogP contribution in [0.1, 0.15) is 37.8 Å². The largest absolute Gasteiger partial charge is 0.465 e. The van der Waals surface area contributed by atoms with Gasteiger partial charge in [-0.2, -0.15) is 5.26 Å². The normalized spacial score (nSPS) is 11.9. The van der Waals surface area contributed by atoms with Crippen molar-refractivity contribution >= 4 is 5.97 Å². The molecule has 18 heavy (non-hydrogen) atoms. The molecule has 0 spiro atoms. The average Bonchev–Trinajstić information content (AvgIpc) is 2.32. The number of esters is 1. The molecule has 3 nitrogen and oxygen atoms in total. The molecular weight excluding hydrogens is 226 g/mol. The molecule has 0 fully saturated rings. The quantitative estimate of drug-likeness (QED) is 0.749. The highest BCUT2D eigenvalue weighted by Gasteiger charge is 2.21. The molecule has 0 aliphatic carbocycles. The predicted molar refractivity (Wildman–Crippen MR) is 70.0 cm³/mol. The van der Waals surface area contributed by atoms with E-state index in [0.717, 1.165) is 6.42 Å². The number of nitrogens with zero attached hydrogens (tertiary/aromatic N) is 1. The summed E-state index contributed by atoms with van der Waals surface area (Å²) in [6.45, 7) is 6.34. The van der Waals surface area contributed by atoms with Crippen molar-refractivity contribution < 1.29 is 9.53 Å². The monoisotopic (exact) mass is 245 g/mol. The third kappa shape index (κ3) is 3.89. The van der Waals surface area contributed by atoms with Crippen molar-refractivity contribution in [1.82, 2.24) is 0 Å². The lowest BCUT2D eigenvalue weighted by Gasteiger charge is -2.10. The van der Waals surface area contributed by atoms with Gasteiger partial charge >= 0.3 is 5.97 Å². The van der Waals surface area contributed by atoms with Gasteiger partial charge in [-0.3, -0.25) is 4.79 Å². The Kier molecular flexibility index (Phi) is 5.38. The SMILES string of the molecule is CCOC(=O)[C@@H](C#N)c1ccc(CC(C)C)cc1. The number of carbonyl (C=O) groups excluding carboxylic acids is 1. The van der Waals surface area contributed by atoms with Crippen LogP contribution in [0.2, 0.25) is 0 Å². The Hall–Kier alpha value is -1.82. The highest BCUT2D eigenvalue weighted by Crippen LogP contribution is 2.18. The molecule has 96 valence electrons. The highest BCUT2D eigenvalue weighted by molar-refractivity contribution is 5.81. The fraction of sp³-hybridized carbons (Fsp3) is 0.467. The number of benzene rings is 1. The zero-order valence-corrected chi connectivity index (χ0v) is 11.1. The first kappa shape index (κ1) is 14.2. The lowest BCUT2D eigenvalue weighted by molar-refractivity contribution is -0.143. The van der Waals surface area contributed by atoms with Gasteiger partial charge in [-0.05, 0) is 30.4 Å². The molecule has 0 heterocycles. The van der Waals surface area contributed by atoms with Crippen LogP contribution >= 0.6 is 0 Å². The topological polar surface area (TPSA) is 50.1 Å². The average molecular weight is 245 g/mol. The van der Waals surface area contributed by atoms with Gasteiger partial charge in [0.2, 0.25) is 0 Å². The van der Waals surface area contributed by atoms with Gasteiger partial charge in [-0.15, -0.1) is 0 Å². The van der Waals surface area contributed by atoms with E-state index in [-0.39, 0.29) is 0 Å². The highest BCUT2D eigenvalue weighted by atomic mass is 16.5. The van der Waals surface area contributed by atoms with Crippen molar-refractivity contribution in [2.75, 3.05) is 6.61 Å². The Morgan fingerprint density at radius 2 is 1.94 bits per heavy atom. The summed E-state index contributed by atoms with van der Waals surface area (Å²) in [5.41, 5.74) is 1.91. The maximum Gasteiger partial charge on any atom is 0.327 e. The van der Waals surface area contributed by atoms with E-state index in [1.54, 1.807) is 6.92 Å². The first-order chi connectivity index (χ1) is 8.58. The fourth-order valence-corrected chi connectivity index (χ4v) is 1.81. The molecule has 0 saturated heterocycles. The minimum atomic E-state index is -0.821. The molecule has 0 bridgehead atoms. The summed E-state index contributed by atoms with van der Waals surface area (Å²) in [5, 5.41) is 9.04. The van der Waals surface area contributed by atoms with Gasteiger partial charge in [-0.25, -0.2) is 0 Å². The zero-order chi connectivity index (χ0) is 13.5. The fourth-order valence-electron chi connectivity index (χ4n) is 1.81. The van der Waals surface area contributed by atoms with Crippen LogP contribution in [0.25, 0.3) is 0 Å². The van der Waals surface area contributed by atoms with Crippen molar-refractivity contribution in [3.63, 3.8) is 0 Å². The summed E-state index contributed by atoms with van der Waals surface area (Å²) in [6.07, 6.45) is 0.997. The van der Waals surface area contributed by atoms with Gasteiger partial charge in [0.05, 0.1) is 12.7 Å². The van der Waals surface area contributed by atoms with Gasteiger partial charge in [0.25, 0.3) is 0 Å². The van der Waals surface area contributed by atoms with Gasteiger partial charge in [0.15, 0.2) is 5.92 Å². The van der Waals surface area contributed by atoms with Crippen LogP contribution in [0, 0.1) is 17.2 Å². The van der Waals surface area contributed by atoms with Crippen LogP contribution in [0.15, 0.2) is 24.3 Å². The summed E-state index contributed by atoms with van der Waals surface area (Å²) in [6, 6.07) is 9.60. The van der Waals surface area contributed by atoms with E-state index in [4.69, 9.17) is 10.00 Å². The molecule has 0 radical (unpaired) electrons. The Balaban J connectivity index is 2.82. The van der Waals surface area contributed by atoms with Crippen LogP contribution in [-0.4, -0.2) is 12.6 Å². The first-order valence-corrected chi connectivity index (χ1v) is 6.23. The third-order valence-corrected chi connectivity index (χ3v) is 2.61. The summed E-state index contributed by atoms with van der Waals surface area (Å²) >= 11 is 0. The summed E-state index contributed by atoms with van der Waals surface area (Å²) in [7, 11) is 0. The molecule has 0 amide bonds. The third-order valence-electron chi connectivity index (χ3n) is 2.61. The van der Waals surface area contributed by atoms with Crippen molar-refractivity contribution in [2.45, 2.75) is 33.1 Å². The Bertz CT molecular complexity index is 429. The van der Waals surface area contributed by atoms with Crippen LogP contribution in [0.4, 0.5) is 0 Å². The number of ether oxygens (including phenoxy) is 1. The van der Waals surface area contributed by atoms with Gasteiger partial charge in [-0.1, -0.05) is 38.1 Å². The Morgan fingerprint density at radius 3 is 2.39 bits per heavy atom. The van der Waals surface area contributed by atoms with Crippen molar-refractivity contribution in [3.8, 4) is 6.07 Å². The second-order valence-corrected chi connectivity index (χ2v) is 4.65. The number of hydrogen-bond donors (Lipinski definition) is 0. The first-order valence-electron chi connectivity index (χ1n) is 6.23. The minimum Gasteiger partial charge on any atom is -0.465 e. The maximum absolute atomic E-state index is 11.6. The standard InChI is InChI=1S/C15H19NO2/c1-4-18-15(17)14(10-16)13-7-5-12(6-8-13)9-11(2)3/h5-8,11,14H,4,9H2,1-3H3/t14-/m0/s1. The van der Waals surface area contributed by atoms with E-state index in [1.165, 1.54) is 5.56 Å². The maximum atomic E-state index is 11.6. The van der Waals surface area contributed by atoms with Gasteiger partial charge in [0.1, 0.15) is 0 Å². The predicted octanol–water partition coefficient (Wildman–Crippen LogP) is 3.06. The molecule has 0 saturated carbocycles. The summed E-state index contributed by atoms with van der Waals surface area (Å²) < 4.78 is 4.88. The van der Waals surface area contributed by atoms with E-state index < -0.39 is 11.9 Å². The molecule has 0 unspecified atom stereocenters. The van der Waals surface area contributed by atoms with E-state index in [9.17, 15) is 4.79 Å². The zero-order valence-electron chi connectivity index (χ0n) is 11.1. The second-order valence-electron chi connectivity index (χ2n) is 4.65. The van der Waals surface area contributed by atoms with Crippen LogP contribution in [0.3, 0.4) is 0 Å². The van der Waals surface area contributed by atoms with Crippen molar-refractivity contribution in [2.24, 2.45) is 5.92 Å². The number of nitriles is 1. The molecule has 3 heteroatoms. The number of carbonyl (C=O) groups is 1. The summed E-state index contributed by atoms with van der Waals surface area (Å²) in [4.78, 5) is 11.6. The van der Waals surface area contributed by atoms with Gasteiger partial charge in [0, 0.05) is 0 Å². The summed E-state index contributed by atoms with van der Waals surface area (Å²) in [5.74, 6) is -0.706. The molecule has 1 aromatic rings. The Labute approximate surface area is 108 Å². The van der Waals surface area contributed by atoms with Gasteiger partial charge < -0.3 is 4.74 Å². The minimum absolute atomic E-state index is 0.294. The lowest BCUT2D eigenvalue weighted by Crippen LogP contribution is -2.14. The second kappa shape index (κ2) is 6.80. The lowest BCUT2D eigenvalue weighted by atomic mass is 9.96. The molecule has 0 aliphatic heterocycles. The van der Waals surface area contributed by atoms with Crippen LogP contribution in [-0.2, 0) is 16.0 Å².